The van der Waals surface area contributed by atoms with Gasteiger partial charge in [0.15, 0.2) is 0 Å². The number of rotatable bonds is 5. The predicted octanol–water partition coefficient (Wildman–Crippen LogP) is 0.969. The Morgan fingerprint density at radius 2 is 2.18 bits per heavy atom. The van der Waals surface area contributed by atoms with Crippen molar-refractivity contribution in [1.29, 1.82) is 0 Å². The van der Waals surface area contributed by atoms with Crippen molar-refractivity contribution in [3.05, 3.63) is 6.07 Å². The van der Waals surface area contributed by atoms with Crippen LogP contribution in [0.15, 0.2) is 6.07 Å². The number of nitrogens with zero attached hydrogens (tertiary/aromatic N) is 3. The molecule has 0 atom stereocenters. The van der Waals surface area contributed by atoms with Crippen LogP contribution in [-0.4, -0.2) is 22.6 Å². The lowest BCUT2D eigenvalue weighted by Gasteiger charge is -2.25. The molecule has 6 heteroatoms. The van der Waals surface area contributed by atoms with E-state index in [1.165, 1.54) is 12.8 Å². The maximum atomic E-state index is 5.68. The van der Waals surface area contributed by atoms with Crippen LogP contribution in [0, 0.1) is 5.92 Å². The highest BCUT2D eigenvalue weighted by molar-refractivity contribution is 5.53. The third kappa shape index (κ3) is 2.97. The van der Waals surface area contributed by atoms with E-state index in [1.807, 2.05) is 6.07 Å². The van der Waals surface area contributed by atoms with Crippen LogP contribution in [0.4, 0.5) is 17.6 Å². The fourth-order valence-corrected chi connectivity index (χ4v) is 1.88. The fraction of sp³-hybridized carbons (Fsp3) is 0.636. The highest BCUT2D eigenvalue weighted by Crippen LogP contribution is 2.32. The largest absolute Gasteiger partial charge is 0.368 e. The molecule has 94 valence electrons. The molecule has 0 aromatic carbocycles. The van der Waals surface area contributed by atoms with Gasteiger partial charge in [-0.1, -0.05) is 13.8 Å². The number of nitrogens with one attached hydrogen (secondary N) is 1. The van der Waals surface area contributed by atoms with Gasteiger partial charge in [-0.15, -0.1) is 0 Å². The van der Waals surface area contributed by atoms with E-state index in [9.17, 15) is 0 Å². The van der Waals surface area contributed by atoms with Crippen LogP contribution in [0.1, 0.15) is 26.7 Å². The number of nitrogens with two attached hydrogens (primary N) is 2. The van der Waals surface area contributed by atoms with Crippen LogP contribution in [0.2, 0.25) is 0 Å². The van der Waals surface area contributed by atoms with Gasteiger partial charge in [0, 0.05) is 18.7 Å². The second-order valence-corrected chi connectivity index (χ2v) is 4.89. The van der Waals surface area contributed by atoms with E-state index in [4.69, 9.17) is 11.6 Å². The summed E-state index contributed by atoms with van der Waals surface area (Å²) in [6.07, 6.45) is 2.45. The van der Waals surface area contributed by atoms with Crippen molar-refractivity contribution in [3.8, 4) is 0 Å². The van der Waals surface area contributed by atoms with E-state index in [0.717, 1.165) is 12.4 Å². The summed E-state index contributed by atoms with van der Waals surface area (Å²) < 4.78 is 0. The summed E-state index contributed by atoms with van der Waals surface area (Å²) in [7, 11) is 0. The topological polar surface area (TPSA) is 93.1 Å². The van der Waals surface area contributed by atoms with Crippen molar-refractivity contribution >= 4 is 17.6 Å². The molecule has 0 aliphatic heterocycles. The van der Waals surface area contributed by atoms with Gasteiger partial charge in [-0.2, -0.15) is 9.97 Å². The molecular weight excluding hydrogens is 216 g/mol. The summed E-state index contributed by atoms with van der Waals surface area (Å²) in [6.45, 7) is 5.37. The zero-order valence-corrected chi connectivity index (χ0v) is 10.3. The predicted molar refractivity (Wildman–Crippen MR) is 69.5 cm³/mol. The zero-order chi connectivity index (χ0) is 12.4. The Morgan fingerprint density at radius 3 is 2.71 bits per heavy atom. The molecule has 17 heavy (non-hydrogen) atoms. The minimum absolute atomic E-state index is 0.254. The molecule has 0 bridgehead atoms. The SMILES string of the molecule is CC(C)CN(c1cc(NN)nc(N)n1)C1CC1. The molecule has 0 unspecified atom stereocenters. The third-order valence-electron chi connectivity index (χ3n) is 2.72. The second kappa shape index (κ2) is 4.75. The standard InChI is InChI=1S/C11H20N6/c1-7(2)6-17(8-3-4-8)10-5-9(16-13)14-11(12)15-10/h5,7-8H,3-4,6,13H2,1-2H3,(H3,12,14,15,16). The molecule has 6 nitrogen and oxygen atoms in total. The normalized spacial score (nSPS) is 15.1. The van der Waals surface area contributed by atoms with Crippen molar-refractivity contribution in [2.75, 3.05) is 22.6 Å². The monoisotopic (exact) mass is 236 g/mol. The molecule has 0 amide bonds. The van der Waals surface area contributed by atoms with E-state index >= 15 is 0 Å². The van der Waals surface area contributed by atoms with Crippen molar-refractivity contribution in [3.63, 3.8) is 0 Å². The molecule has 1 aromatic rings. The minimum Gasteiger partial charge on any atom is -0.368 e. The van der Waals surface area contributed by atoms with Gasteiger partial charge in [-0.25, -0.2) is 5.84 Å². The maximum absolute atomic E-state index is 5.68. The molecule has 1 fully saturated rings. The molecule has 0 spiro atoms. The molecule has 1 aliphatic carbocycles. The first kappa shape index (κ1) is 11.9. The minimum atomic E-state index is 0.254. The maximum Gasteiger partial charge on any atom is 0.223 e. The number of aromatic nitrogens is 2. The Morgan fingerprint density at radius 1 is 1.47 bits per heavy atom. The summed E-state index contributed by atoms with van der Waals surface area (Å²) in [5.74, 6) is 7.63. The van der Waals surface area contributed by atoms with Crippen LogP contribution < -0.4 is 21.9 Å². The van der Waals surface area contributed by atoms with Crippen molar-refractivity contribution in [2.45, 2.75) is 32.7 Å². The van der Waals surface area contributed by atoms with Gasteiger partial charge in [-0.3, -0.25) is 0 Å². The van der Waals surface area contributed by atoms with Crippen molar-refractivity contribution < 1.29 is 0 Å². The number of hydrogen-bond acceptors (Lipinski definition) is 6. The number of hydrazine groups is 1. The average molecular weight is 236 g/mol. The summed E-state index contributed by atoms with van der Waals surface area (Å²) in [5.41, 5.74) is 8.20. The van der Waals surface area contributed by atoms with E-state index in [0.29, 0.717) is 17.8 Å². The summed E-state index contributed by atoms with van der Waals surface area (Å²) in [5, 5.41) is 0. The van der Waals surface area contributed by atoms with Gasteiger partial charge in [0.25, 0.3) is 0 Å². The van der Waals surface area contributed by atoms with Gasteiger partial charge in [0.1, 0.15) is 11.6 Å². The Hall–Kier alpha value is -1.56. The lowest BCUT2D eigenvalue weighted by molar-refractivity contribution is 0.602. The van der Waals surface area contributed by atoms with E-state index in [1.54, 1.807) is 0 Å². The number of anilines is 3. The van der Waals surface area contributed by atoms with Crippen LogP contribution in [0.3, 0.4) is 0 Å². The summed E-state index contributed by atoms with van der Waals surface area (Å²) in [4.78, 5) is 10.6. The van der Waals surface area contributed by atoms with Gasteiger partial charge in [-0.05, 0) is 18.8 Å². The molecule has 0 saturated heterocycles. The number of nitrogen functional groups attached to an aromatic ring is 2. The van der Waals surface area contributed by atoms with Crippen LogP contribution in [0.25, 0.3) is 0 Å². The van der Waals surface area contributed by atoms with Gasteiger partial charge in [0.2, 0.25) is 5.95 Å². The first-order valence-electron chi connectivity index (χ1n) is 5.98. The Labute approximate surface area is 101 Å². The van der Waals surface area contributed by atoms with Crippen molar-refractivity contribution in [1.82, 2.24) is 9.97 Å². The Bertz CT molecular complexity index is 388. The highest BCUT2D eigenvalue weighted by atomic mass is 15.3. The molecule has 2 rings (SSSR count). The van der Waals surface area contributed by atoms with Crippen LogP contribution in [0.5, 0.6) is 0 Å². The lowest BCUT2D eigenvalue weighted by Crippen LogP contribution is -2.31. The summed E-state index contributed by atoms with van der Waals surface area (Å²) in [6, 6.07) is 2.44. The second-order valence-electron chi connectivity index (χ2n) is 4.89. The first-order valence-corrected chi connectivity index (χ1v) is 5.98. The third-order valence-corrected chi connectivity index (χ3v) is 2.72. The Kier molecular flexibility index (Phi) is 3.33. The molecular formula is C11H20N6. The fourth-order valence-electron chi connectivity index (χ4n) is 1.88. The highest BCUT2D eigenvalue weighted by Gasteiger charge is 2.30. The molecule has 1 aliphatic rings. The van der Waals surface area contributed by atoms with Gasteiger partial charge >= 0.3 is 0 Å². The first-order chi connectivity index (χ1) is 8.10. The molecule has 5 N–H and O–H groups in total. The van der Waals surface area contributed by atoms with E-state index in [2.05, 4.69) is 34.1 Å². The molecule has 1 saturated carbocycles. The zero-order valence-electron chi connectivity index (χ0n) is 10.3. The molecule has 0 radical (unpaired) electrons. The molecule has 1 aromatic heterocycles. The number of hydrogen-bond donors (Lipinski definition) is 3. The Balaban J connectivity index is 2.25. The van der Waals surface area contributed by atoms with E-state index in [-0.39, 0.29) is 5.95 Å². The van der Waals surface area contributed by atoms with Crippen LogP contribution >= 0.6 is 0 Å². The van der Waals surface area contributed by atoms with Gasteiger partial charge in [0.05, 0.1) is 0 Å². The summed E-state index contributed by atoms with van der Waals surface area (Å²) >= 11 is 0. The van der Waals surface area contributed by atoms with Gasteiger partial charge < -0.3 is 16.1 Å². The lowest BCUT2D eigenvalue weighted by atomic mass is 10.2. The van der Waals surface area contributed by atoms with Crippen molar-refractivity contribution in [2.24, 2.45) is 11.8 Å². The van der Waals surface area contributed by atoms with E-state index < -0.39 is 0 Å². The quantitative estimate of drug-likeness (QED) is 0.521. The smallest absolute Gasteiger partial charge is 0.223 e. The average Bonchev–Trinajstić information content (AvgIpc) is 3.08. The van der Waals surface area contributed by atoms with Crippen LogP contribution in [-0.2, 0) is 0 Å². The molecule has 1 heterocycles.